The summed E-state index contributed by atoms with van der Waals surface area (Å²) in [5.74, 6) is -0.0401. The van der Waals surface area contributed by atoms with Crippen LogP contribution in [0.3, 0.4) is 0 Å². The third-order valence-electron chi connectivity index (χ3n) is 4.49. The number of halogens is 1. The van der Waals surface area contributed by atoms with Crippen LogP contribution in [0.1, 0.15) is 23.7 Å². The van der Waals surface area contributed by atoms with E-state index in [2.05, 4.69) is 6.07 Å². The summed E-state index contributed by atoms with van der Waals surface area (Å²) in [4.78, 5) is 18.9. The van der Waals surface area contributed by atoms with Gasteiger partial charge in [-0.25, -0.2) is 0 Å². The van der Waals surface area contributed by atoms with Crippen LogP contribution in [0.4, 0.5) is 5.69 Å². The second kappa shape index (κ2) is 6.77. The highest BCUT2D eigenvalue weighted by atomic mass is 35.5. The van der Waals surface area contributed by atoms with Crippen molar-refractivity contribution in [2.75, 3.05) is 4.90 Å². The Balaban J connectivity index is 1.85. The van der Waals surface area contributed by atoms with Gasteiger partial charge in [0, 0.05) is 17.5 Å². The number of benzene rings is 2. The maximum absolute atomic E-state index is 12.3. The smallest absolute Gasteiger partial charge is 0.224 e. The van der Waals surface area contributed by atoms with Crippen molar-refractivity contribution in [1.29, 1.82) is 0 Å². The van der Waals surface area contributed by atoms with E-state index in [9.17, 15) is 4.79 Å². The molecule has 2 heterocycles. The summed E-state index contributed by atoms with van der Waals surface area (Å²) in [6.45, 7) is 1.97. The molecule has 0 radical (unpaired) electrons. The van der Waals surface area contributed by atoms with Crippen molar-refractivity contribution in [2.45, 2.75) is 13.5 Å². The number of carbonyl (C=O) groups is 1. The van der Waals surface area contributed by atoms with Gasteiger partial charge in [0.15, 0.2) is 0 Å². The molecule has 128 valence electrons. The highest BCUT2D eigenvalue weighted by Gasteiger charge is 2.20. The van der Waals surface area contributed by atoms with Gasteiger partial charge in [0.1, 0.15) is 0 Å². The van der Waals surface area contributed by atoms with Gasteiger partial charge in [0.05, 0.1) is 23.6 Å². The Morgan fingerprint density at radius 2 is 1.73 bits per heavy atom. The number of amides is 1. The summed E-state index contributed by atoms with van der Waals surface area (Å²) in [5.41, 5.74) is 5.59. The van der Waals surface area contributed by atoms with Gasteiger partial charge in [0.25, 0.3) is 0 Å². The fourth-order valence-electron chi connectivity index (χ4n) is 3.15. The van der Waals surface area contributed by atoms with E-state index in [4.69, 9.17) is 16.6 Å². The first-order chi connectivity index (χ1) is 12.6. The Kier molecular flexibility index (Phi) is 4.31. The fraction of sp³-hybridized carbons (Fsp3) is 0.0909. The zero-order valence-corrected chi connectivity index (χ0v) is 15.1. The van der Waals surface area contributed by atoms with Gasteiger partial charge in [-0.05, 0) is 29.3 Å². The average molecular weight is 361 g/mol. The molecule has 0 atom stereocenters. The van der Waals surface area contributed by atoms with E-state index >= 15 is 0 Å². The van der Waals surface area contributed by atoms with Crippen molar-refractivity contribution >= 4 is 35.3 Å². The number of hydrogen-bond acceptors (Lipinski definition) is 2. The predicted molar refractivity (Wildman–Crippen MR) is 107 cm³/mol. The molecule has 1 aliphatic rings. The lowest BCUT2D eigenvalue weighted by atomic mass is 10.0. The molecule has 0 spiro atoms. The second-order valence-electron chi connectivity index (χ2n) is 6.24. The number of fused-ring (bicyclic) bond motifs is 2. The van der Waals surface area contributed by atoms with Crippen LogP contribution in [0.2, 0.25) is 5.02 Å². The lowest BCUT2D eigenvalue weighted by Crippen LogP contribution is -2.29. The van der Waals surface area contributed by atoms with Crippen LogP contribution < -0.4 is 4.90 Å². The highest BCUT2D eigenvalue weighted by Crippen LogP contribution is 2.31. The summed E-state index contributed by atoms with van der Waals surface area (Å²) in [5, 5.41) is 0.607. The molecule has 0 unspecified atom stereocenters. The first-order valence-electron chi connectivity index (χ1n) is 8.43. The number of nitrogens with zero attached hydrogens (tertiary/aromatic N) is 2. The molecule has 26 heavy (non-hydrogen) atoms. The second-order valence-corrected chi connectivity index (χ2v) is 6.68. The minimum atomic E-state index is -0.0401. The lowest BCUT2D eigenvalue weighted by molar-refractivity contribution is -0.116. The standard InChI is InChI=1S/C22H17ClN2O/c1-15(26)25-14-21-17(7-8-18-9-11-19(23)13-22(18)25)10-12-20(24-21)16-5-3-2-4-6-16/h2-13H,14H2,1H3/b8-7-. The number of anilines is 1. The Morgan fingerprint density at radius 3 is 2.50 bits per heavy atom. The molecule has 0 aliphatic carbocycles. The van der Waals surface area contributed by atoms with Crippen molar-refractivity contribution in [1.82, 2.24) is 4.98 Å². The number of pyridine rings is 1. The van der Waals surface area contributed by atoms with E-state index in [0.717, 1.165) is 33.8 Å². The maximum atomic E-state index is 12.3. The Labute approximate surface area is 157 Å². The molecule has 4 rings (SSSR count). The highest BCUT2D eigenvalue weighted by molar-refractivity contribution is 6.31. The van der Waals surface area contributed by atoms with E-state index < -0.39 is 0 Å². The number of rotatable bonds is 1. The Morgan fingerprint density at radius 1 is 1.00 bits per heavy atom. The zero-order valence-electron chi connectivity index (χ0n) is 14.3. The Bertz CT molecular complexity index is 1010. The van der Waals surface area contributed by atoms with Crippen molar-refractivity contribution < 1.29 is 4.79 Å². The SMILES string of the molecule is CC(=O)N1Cc2nc(-c3ccccc3)ccc2/C=C\c2ccc(Cl)cc21. The quantitative estimate of drug-likeness (QED) is 0.579. The largest absolute Gasteiger partial charge is 0.306 e. The first-order valence-corrected chi connectivity index (χ1v) is 8.81. The molecule has 3 nitrogen and oxygen atoms in total. The summed E-state index contributed by atoms with van der Waals surface area (Å²) < 4.78 is 0. The molecular formula is C22H17ClN2O. The van der Waals surface area contributed by atoms with Crippen molar-refractivity contribution in [3.63, 3.8) is 0 Å². The van der Waals surface area contributed by atoms with Crippen LogP contribution >= 0.6 is 11.6 Å². The van der Waals surface area contributed by atoms with Crippen LogP contribution in [0.5, 0.6) is 0 Å². The van der Waals surface area contributed by atoms with E-state index in [1.54, 1.807) is 11.8 Å². The molecule has 0 saturated carbocycles. The third kappa shape index (κ3) is 3.14. The molecule has 1 aliphatic heterocycles. The van der Waals surface area contributed by atoms with E-state index in [1.807, 2.05) is 66.7 Å². The lowest BCUT2D eigenvalue weighted by Gasteiger charge is -2.25. The van der Waals surface area contributed by atoms with Crippen LogP contribution in [0, 0.1) is 0 Å². The number of carbonyl (C=O) groups excluding carboxylic acids is 1. The predicted octanol–water partition coefficient (Wildman–Crippen LogP) is 5.44. The summed E-state index contributed by atoms with van der Waals surface area (Å²) in [6, 6.07) is 19.7. The minimum Gasteiger partial charge on any atom is -0.306 e. The molecule has 4 heteroatoms. The molecule has 0 bridgehead atoms. The molecule has 1 aromatic heterocycles. The van der Waals surface area contributed by atoms with Crippen LogP contribution in [-0.4, -0.2) is 10.9 Å². The van der Waals surface area contributed by atoms with E-state index in [-0.39, 0.29) is 5.91 Å². The fourth-order valence-corrected chi connectivity index (χ4v) is 3.31. The molecular weight excluding hydrogens is 344 g/mol. The molecule has 2 aromatic carbocycles. The first kappa shape index (κ1) is 16.6. The van der Waals surface area contributed by atoms with Gasteiger partial charge in [-0.3, -0.25) is 9.78 Å². The van der Waals surface area contributed by atoms with Crippen molar-refractivity contribution in [3.05, 3.63) is 82.5 Å². The van der Waals surface area contributed by atoms with Gasteiger partial charge in [0.2, 0.25) is 5.91 Å². The minimum absolute atomic E-state index is 0.0401. The topological polar surface area (TPSA) is 33.2 Å². The molecule has 1 amide bonds. The van der Waals surface area contributed by atoms with E-state index in [1.165, 1.54) is 0 Å². The van der Waals surface area contributed by atoms with Gasteiger partial charge in [-0.15, -0.1) is 0 Å². The molecule has 0 N–H and O–H groups in total. The van der Waals surface area contributed by atoms with Gasteiger partial charge >= 0.3 is 0 Å². The third-order valence-corrected chi connectivity index (χ3v) is 4.73. The van der Waals surface area contributed by atoms with Crippen molar-refractivity contribution in [2.24, 2.45) is 0 Å². The summed E-state index contributed by atoms with van der Waals surface area (Å²) >= 11 is 6.17. The Hall–Kier alpha value is -2.91. The molecule has 0 fully saturated rings. The number of aromatic nitrogens is 1. The number of hydrogen-bond donors (Lipinski definition) is 0. The van der Waals surface area contributed by atoms with Crippen LogP contribution in [-0.2, 0) is 11.3 Å². The van der Waals surface area contributed by atoms with Gasteiger partial charge in [-0.2, -0.15) is 0 Å². The molecule has 3 aromatic rings. The molecule has 0 saturated heterocycles. The summed E-state index contributed by atoms with van der Waals surface area (Å²) in [7, 11) is 0. The van der Waals surface area contributed by atoms with Crippen LogP contribution in [0.15, 0.2) is 60.7 Å². The van der Waals surface area contributed by atoms with Crippen molar-refractivity contribution in [3.8, 4) is 11.3 Å². The normalized spacial score (nSPS) is 14.0. The van der Waals surface area contributed by atoms with Gasteiger partial charge in [-0.1, -0.05) is 66.2 Å². The maximum Gasteiger partial charge on any atom is 0.224 e. The summed E-state index contributed by atoms with van der Waals surface area (Å²) in [6.07, 6.45) is 4.05. The van der Waals surface area contributed by atoms with Crippen LogP contribution in [0.25, 0.3) is 23.4 Å². The van der Waals surface area contributed by atoms with E-state index in [0.29, 0.717) is 11.6 Å². The monoisotopic (exact) mass is 360 g/mol. The van der Waals surface area contributed by atoms with Gasteiger partial charge < -0.3 is 4.90 Å². The average Bonchev–Trinajstić information content (AvgIpc) is 2.64. The zero-order chi connectivity index (χ0) is 18.1.